The Bertz CT molecular complexity index is 909. The van der Waals surface area contributed by atoms with Crippen LogP contribution < -0.4 is 14.8 Å². The van der Waals surface area contributed by atoms with Gasteiger partial charge in [-0.05, 0) is 35.3 Å². The predicted molar refractivity (Wildman–Crippen MR) is 111 cm³/mol. The van der Waals surface area contributed by atoms with E-state index in [2.05, 4.69) is 32.2 Å². The van der Waals surface area contributed by atoms with Crippen LogP contribution in [0.15, 0.2) is 40.1 Å². The summed E-state index contributed by atoms with van der Waals surface area (Å²) < 4.78 is 10.8. The van der Waals surface area contributed by atoms with E-state index in [0.717, 1.165) is 28.5 Å². The second-order valence-electron chi connectivity index (χ2n) is 7.79. The molecule has 1 aliphatic heterocycles. The molecule has 1 atom stereocenters. The Labute approximate surface area is 170 Å². The van der Waals surface area contributed by atoms with Crippen LogP contribution >= 0.6 is 11.8 Å². The minimum absolute atomic E-state index is 0.1000. The maximum absolute atomic E-state index is 13.1. The first-order valence-corrected chi connectivity index (χ1v) is 10.4. The maximum atomic E-state index is 13.1. The topological polar surface area (TPSA) is 71.3 Å². The molecule has 2 aliphatic rings. The molecule has 0 aromatic heterocycles. The van der Waals surface area contributed by atoms with E-state index in [1.54, 1.807) is 26.0 Å². The van der Waals surface area contributed by atoms with Gasteiger partial charge in [0.1, 0.15) is 0 Å². The number of benzene rings is 1. The molecular weight excluding hydrogens is 372 g/mol. The normalized spacial score (nSPS) is 21.0. The third kappa shape index (κ3) is 3.64. The minimum Gasteiger partial charge on any atom is -0.493 e. The lowest BCUT2D eigenvalue weighted by Crippen LogP contribution is -2.36. The molecule has 3 rings (SSSR count). The number of nitrogens with zero attached hydrogens (tertiary/aromatic N) is 1. The lowest BCUT2D eigenvalue weighted by molar-refractivity contribution is -0.118. The monoisotopic (exact) mass is 398 g/mol. The highest BCUT2D eigenvalue weighted by atomic mass is 32.2. The molecule has 6 heteroatoms. The van der Waals surface area contributed by atoms with Crippen LogP contribution in [0.5, 0.6) is 11.5 Å². The van der Waals surface area contributed by atoms with Gasteiger partial charge in [-0.1, -0.05) is 26.8 Å². The van der Waals surface area contributed by atoms with Gasteiger partial charge in [-0.25, -0.2) is 0 Å². The number of rotatable bonds is 5. The molecule has 0 fully saturated rings. The molecule has 1 heterocycles. The fourth-order valence-electron chi connectivity index (χ4n) is 4.00. The average molecular weight is 399 g/mol. The zero-order valence-electron chi connectivity index (χ0n) is 17.0. The number of allylic oxidation sites excluding steroid dienone is 3. The first kappa shape index (κ1) is 20.3. The van der Waals surface area contributed by atoms with Crippen molar-refractivity contribution in [2.75, 3.05) is 20.0 Å². The maximum Gasteiger partial charge on any atom is 0.162 e. The van der Waals surface area contributed by atoms with Crippen LogP contribution in [-0.4, -0.2) is 25.8 Å². The summed E-state index contributed by atoms with van der Waals surface area (Å²) in [4.78, 5) is 13.1. The molecule has 1 aromatic carbocycles. The highest BCUT2D eigenvalue weighted by molar-refractivity contribution is 8.03. The number of nitriles is 1. The molecule has 0 radical (unpaired) electrons. The van der Waals surface area contributed by atoms with Crippen LogP contribution in [0, 0.1) is 16.7 Å². The summed E-state index contributed by atoms with van der Waals surface area (Å²) in [5, 5.41) is 14.2. The summed E-state index contributed by atoms with van der Waals surface area (Å²) in [5.74, 6) is 1.76. The zero-order chi connectivity index (χ0) is 20.5. The van der Waals surface area contributed by atoms with E-state index >= 15 is 0 Å². The number of thioether (sulfide) groups is 1. The van der Waals surface area contributed by atoms with Gasteiger partial charge in [-0.2, -0.15) is 5.26 Å². The number of dihydropyridines is 1. The Hall–Kier alpha value is -2.39. The predicted octanol–water partition coefficient (Wildman–Crippen LogP) is 4.52. The standard InChI is InChI=1S/C22H26N2O3S/c1-6-28-21-14(12-23)19(13-7-8-17(26-4)18(9-13)27-5)20-15(24-21)10-22(2,3)11-16(20)25/h7-9,19,24H,6,10-11H2,1-5H3/t19-/m0/s1. The van der Waals surface area contributed by atoms with Crippen molar-refractivity contribution < 1.29 is 14.3 Å². The van der Waals surface area contributed by atoms with Crippen molar-refractivity contribution in [2.45, 2.75) is 39.5 Å². The van der Waals surface area contributed by atoms with E-state index in [1.807, 2.05) is 18.2 Å². The van der Waals surface area contributed by atoms with Crippen molar-refractivity contribution in [1.29, 1.82) is 5.26 Å². The lowest BCUT2D eigenvalue weighted by atomic mass is 9.69. The summed E-state index contributed by atoms with van der Waals surface area (Å²) in [5.41, 5.74) is 3.01. The van der Waals surface area contributed by atoms with E-state index in [4.69, 9.17) is 9.47 Å². The second-order valence-corrected chi connectivity index (χ2v) is 9.07. The number of hydrogen-bond acceptors (Lipinski definition) is 6. The highest BCUT2D eigenvalue weighted by Crippen LogP contribution is 2.48. The van der Waals surface area contributed by atoms with Crippen molar-refractivity contribution in [3.05, 3.63) is 45.6 Å². The van der Waals surface area contributed by atoms with Crippen LogP contribution in [-0.2, 0) is 4.79 Å². The Balaban J connectivity index is 2.20. The third-order valence-corrected chi connectivity index (χ3v) is 6.06. The summed E-state index contributed by atoms with van der Waals surface area (Å²) in [6.45, 7) is 6.27. The molecule has 0 saturated carbocycles. The number of ether oxygens (including phenoxy) is 2. The van der Waals surface area contributed by atoms with Crippen LogP contribution in [0.25, 0.3) is 0 Å². The Morgan fingerprint density at radius 2 is 1.96 bits per heavy atom. The molecule has 0 unspecified atom stereocenters. The van der Waals surface area contributed by atoms with Gasteiger partial charge in [0.25, 0.3) is 0 Å². The quantitative estimate of drug-likeness (QED) is 0.786. The third-order valence-electron chi connectivity index (χ3n) is 5.16. The van der Waals surface area contributed by atoms with Gasteiger partial charge >= 0.3 is 0 Å². The minimum atomic E-state index is -0.390. The van der Waals surface area contributed by atoms with E-state index in [9.17, 15) is 10.1 Å². The van der Waals surface area contributed by atoms with Gasteiger partial charge in [0.2, 0.25) is 0 Å². The molecule has 148 valence electrons. The fourth-order valence-corrected chi connectivity index (χ4v) is 4.80. The summed E-state index contributed by atoms with van der Waals surface area (Å²) in [7, 11) is 3.18. The fraction of sp³-hybridized carbons (Fsp3) is 0.455. The SMILES string of the molecule is CCSC1=C(C#N)[C@H](c2ccc(OC)c(OC)c2)C2=C(CC(C)(C)CC2=O)N1. The molecular formula is C22H26N2O3S. The Morgan fingerprint density at radius 3 is 2.57 bits per heavy atom. The van der Waals surface area contributed by atoms with Crippen LogP contribution in [0.1, 0.15) is 45.1 Å². The molecule has 28 heavy (non-hydrogen) atoms. The van der Waals surface area contributed by atoms with E-state index in [-0.39, 0.29) is 11.2 Å². The van der Waals surface area contributed by atoms with Crippen LogP contribution in [0.3, 0.4) is 0 Å². The van der Waals surface area contributed by atoms with E-state index < -0.39 is 5.92 Å². The molecule has 1 aromatic rings. The number of carbonyl (C=O) groups excluding carboxylic acids is 1. The van der Waals surface area contributed by atoms with Crippen molar-refractivity contribution in [1.82, 2.24) is 5.32 Å². The summed E-state index contributed by atoms with van der Waals surface area (Å²) in [6, 6.07) is 7.98. The molecule has 5 nitrogen and oxygen atoms in total. The van der Waals surface area contributed by atoms with Gasteiger partial charge < -0.3 is 14.8 Å². The van der Waals surface area contributed by atoms with Gasteiger partial charge in [-0.3, -0.25) is 4.79 Å². The van der Waals surface area contributed by atoms with Crippen LogP contribution in [0.2, 0.25) is 0 Å². The van der Waals surface area contributed by atoms with Crippen LogP contribution in [0.4, 0.5) is 0 Å². The van der Waals surface area contributed by atoms with Gasteiger partial charge in [0.05, 0.1) is 36.8 Å². The molecule has 0 bridgehead atoms. The highest BCUT2D eigenvalue weighted by Gasteiger charge is 2.42. The largest absolute Gasteiger partial charge is 0.493 e. The number of methoxy groups -OCH3 is 2. The van der Waals surface area contributed by atoms with Crippen molar-refractivity contribution in [2.24, 2.45) is 5.41 Å². The molecule has 1 N–H and O–H groups in total. The average Bonchev–Trinajstić information content (AvgIpc) is 2.65. The smallest absolute Gasteiger partial charge is 0.162 e. The van der Waals surface area contributed by atoms with E-state index in [1.165, 1.54) is 0 Å². The van der Waals surface area contributed by atoms with Gasteiger partial charge in [-0.15, -0.1) is 11.8 Å². The number of ketones is 1. The first-order chi connectivity index (χ1) is 13.3. The zero-order valence-corrected chi connectivity index (χ0v) is 17.8. The van der Waals surface area contributed by atoms with Crippen molar-refractivity contribution >= 4 is 17.5 Å². The Kier molecular flexibility index (Phi) is 5.76. The Morgan fingerprint density at radius 1 is 1.25 bits per heavy atom. The number of hydrogen-bond donors (Lipinski definition) is 1. The number of nitrogens with one attached hydrogen (secondary N) is 1. The summed E-state index contributed by atoms with van der Waals surface area (Å²) in [6.07, 6.45) is 1.26. The number of carbonyl (C=O) groups is 1. The second kappa shape index (κ2) is 7.92. The van der Waals surface area contributed by atoms with Crippen molar-refractivity contribution in [3.63, 3.8) is 0 Å². The van der Waals surface area contributed by atoms with Gasteiger partial charge in [0, 0.05) is 17.7 Å². The summed E-state index contributed by atoms with van der Waals surface area (Å²) >= 11 is 1.60. The molecule has 1 aliphatic carbocycles. The molecule has 0 spiro atoms. The first-order valence-electron chi connectivity index (χ1n) is 9.37. The number of Topliss-reactive ketones (excluding diaryl/α,β-unsaturated/α-hetero) is 1. The molecule has 0 amide bonds. The lowest BCUT2D eigenvalue weighted by Gasteiger charge is -2.39. The van der Waals surface area contributed by atoms with E-state index in [0.29, 0.717) is 29.1 Å². The molecule has 0 saturated heterocycles. The van der Waals surface area contributed by atoms with Gasteiger partial charge in [0.15, 0.2) is 17.3 Å². The van der Waals surface area contributed by atoms with Crippen molar-refractivity contribution in [3.8, 4) is 17.6 Å².